The van der Waals surface area contributed by atoms with Crippen molar-refractivity contribution in [3.8, 4) is 17.2 Å². The van der Waals surface area contributed by atoms with Crippen LogP contribution in [0.2, 0.25) is 0 Å². The zero-order chi connectivity index (χ0) is 15.9. The number of phenolic OH excluding ortho intramolecular Hbond substituents is 1. The van der Waals surface area contributed by atoms with Crippen LogP contribution in [-0.2, 0) is 13.2 Å². The molecule has 0 amide bonds. The molecular weight excluding hydrogens is 288 g/mol. The highest BCUT2D eigenvalue weighted by Crippen LogP contribution is 2.37. The molecule has 1 N–H and O–H groups in total. The average molecular weight is 306 g/mol. The lowest BCUT2D eigenvalue weighted by Crippen LogP contribution is -2.00. The quantitative estimate of drug-likeness (QED) is 0.726. The van der Waals surface area contributed by atoms with Gasteiger partial charge >= 0.3 is 0 Å². The number of hydrogen-bond donors (Lipinski definition) is 1. The third kappa shape index (κ3) is 4.04. The molecule has 0 heterocycles. The molecule has 116 valence electrons. The zero-order valence-electron chi connectivity index (χ0n) is 12.7. The van der Waals surface area contributed by atoms with Gasteiger partial charge in [0, 0.05) is 0 Å². The lowest BCUT2D eigenvalue weighted by Gasteiger charge is -2.14. The Hall–Kier alpha value is -2.94. The number of rotatable bonds is 6. The van der Waals surface area contributed by atoms with E-state index < -0.39 is 0 Å². The van der Waals surface area contributed by atoms with Gasteiger partial charge in [0.2, 0.25) is 5.75 Å². The van der Waals surface area contributed by atoms with Crippen LogP contribution in [0.25, 0.3) is 0 Å². The number of benzene rings is 3. The Balaban J connectivity index is 1.71. The predicted octanol–water partition coefficient (Wildman–Crippen LogP) is 4.55. The molecule has 0 spiro atoms. The second kappa shape index (κ2) is 7.36. The fraction of sp³-hybridized carbons (Fsp3) is 0.100. The van der Waals surface area contributed by atoms with E-state index in [0.717, 1.165) is 11.1 Å². The van der Waals surface area contributed by atoms with Crippen LogP contribution in [0.1, 0.15) is 11.1 Å². The summed E-state index contributed by atoms with van der Waals surface area (Å²) in [5.41, 5.74) is 2.09. The van der Waals surface area contributed by atoms with Crippen LogP contribution in [0.15, 0.2) is 78.9 Å². The van der Waals surface area contributed by atoms with Crippen molar-refractivity contribution in [1.29, 1.82) is 0 Å². The summed E-state index contributed by atoms with van der Waals surface area (Å²) in [6.07, 6.45) is 0. The van der Waals surface area contributed by atoms with Crippen LogP contribution in [0, 0.1) is 0 Å². The van der Waals surface area contributed by atoms with Crippen LogP contribution in [0.4, 0.5) is 0 Å². The smallest absolute Gasteiger partial charge is 0.203 e. The molecule has 3 rings (SSSR count). The Morgan fingerprint density at radius 2 is 1.17 bits per heavy atom. The van der Waals surface area contributed by atoms with Gasteiger partial charge in [-0.25, -0.2) is 0 Å². The summed E-state index contributed by atoms with van der Waals surface area (Å²) in [5, 5.41) is 10.1. The Labute approximate surface area is 135 Å². The first kappa shape index (κ1) is 15.0. The fourth-order valence-electron chi connectivity index (χ4n) is 2.23. The van der Waals surface area contributed by atoms with Crippen molar-refractivity contribution in [1.82, 2.24) is 0 Å². The normalized spacial score (nSPS) is 10.3. The van der Waals surface area contributed by atoms with Crippen molar-refractivity contribution in [2.45, 2.75) is 13.2 Å². The second-order valence-electron chi connectivity index (χ2n) is 5.15. The molecule has 23 heavy (non-hydrogen) atoms. The summed E-state index contributed by atoms with van der Waals surface area (Å²) in [7, 11) is 0. The molecule has 0 saturated carbocycles. The summed E-state index contributed by atoms with van der Waals surface area (Å²) in [6, 6.07) is 24.8. The Morgan fingerprint density at radius 1 is 0.609 bits per heavy atom. The van der Waals surface area contributed by atoms with Crippen molar-refractivity contribution in [3.05, 3.63) is 90.0 Å². The van der Waals surface area contributed by atoms with Crippen molar-refractivity contribution < 1.29 is 14.6 Å². The van der Waals surface area contributed by atoms with E-state index in [9.17, 15) is 5.11 Å². The minimum atomic E-state index is 0.0755. The lowest BCUT2D eigenvalue weighted by molar-refractivity contribution is 0.246. The first-order valence-electron chi connectivity index (χ1n) is 7.48. The summed E-state index contributed by atoms with van der Waals surface area (Å²) in [6.45, 7) is 0.798. The van der Waals surface area contributed by atoms with E-state index in [1.165, 1.54) is 0 Å². The van der Waals surface area contributed by atoms with E-state index in [4.69, 9.17) is 9.47 Å². The van der Waals surface area contributed by atoms with Crippen molar-refractivity contribution in [2.24, 2.45) is 0 Å². The molecule has 0 fully saturated rings. The van der Waals surface area contributed by atoms with Gasteiger partial charge in [-0.15, -0.1) is 0 Å². The van der Waals surface area contributed by atoms with Crippen LogP contribution in [0.5, 0.6) is 17.2 Å². The Bertz CT molecular complexity index is 739. The molecular formula is C20H18O3. The standard InChI is InChI=1S/C20H18O3/c21-18-12-7-13-19(22-14-16-8-3-1-4-9-16)20(18)23-15-17-10-5-2-6-11-17/h1-13,21H,14-15H2. The number of para-hydroxylation sites is 1. The molecule has 0 bridgehead atoms. The van der Waals surface area contributed by atoms with Gasteiger partial charge in [0.05, 0.1) is 0 Å². The minimum absolute atomic E-state index is 0.0755. The average Bonchev–Trinajstić information content (AvgIpc) is 2.61. The van der Waals surface area contributed by atoms with E-state index >= 15 is 0 Å². The predicted molar refractivity (Wildman–Crippen MR) is 89.7 cm³/mol. The summed E-state index contributed by atoms with van der Waals surface area (Å²) in [5.74, 6) is 0.976. The van der Waals surface area contributed by atoms with Crippen LogP contribution >= 0.6 is 0 Å². The highest BCUT2D eigenvalue weighted by Gasteiger charge is 2.11. The zero-order valence-corrected chi connectivity index (χ0v) is 12.7. The molecule has 0 radical (unpaired) electrons. The molecule has 0 aromatic heterocycles. The van der Waals surface area contributed by atoms with E-state index in [0.29, 0.717) is 24.7 Å². The second-order valence-corrected chi connectivity index (χ2v) is 5.15. The van der Waals surface area contributed by atoms with Gasteiger partial charge in [-0.05, 0) is 23.3 Å². The highest BCUT2D eigenvalue weighted by atomic mass is 16.5. The Kier molecular flexibility index (Phi) is 4.79. The van der Waals surface area contributed by atoms with Crippen molar-refractivity contribution >= 4 is 0 Å². The first-order chi connectivity index (χ1) is 11.3. The molecule has 0 aliphatic carbocycles. The molecule has 3 nitrogen and oxygen atoms in total. The molecule has 3 heteroatoms. The van der Waals surface area contributed by atoms with Gasteiger partial charge in [-0.3, -0.25) is 0 Å². The van der Waals surface area contributed by atoms with Crippen LogP contribution in [-0.4, -0.2) is 5.11 Å². The van der Waals surface area contributed by atoms with E-state index in [2.05, 4.69) is 0 Å². The molecule has 0 saturated heterocycles. The molecule has 0 unspecified atom stereocenters. The lowest BCUT2D eigenvalue weighted by atomic mass is 10.2. The summed E-state index contributed by atoms with van der Waals surface area (Å²) < 4.78 is 11.6. The highest BCUT2D eigenvalue weighted by molar-refractivity contribution is 5.50. The van der Waals surface area contributed by atoms with E-state index in [1.54, 1.807) is 18.2 Å². The van der Waals surface area contributed by atoms with E-state index in [-0.39, 0.29) is 5.75 Å². The first-order valence-corrected chi connectivity index (χ1v) is 7.48. The largest absolute Gasteiger partial charge is 0.504 e. The Morgan fingerprint density at radius 3 is 1.78 bits per heavy atom. The van der Waals surface area contributed by atoms with Gasteiger partial charge in [0.1, 0.15) is 13.2 Å². The molecule has 3 aromatic carbocycles. The van der Waals surface area contributed by atoms with E-state index in [1.807, 2.05) is 60.7 Å². The summed E-state index contributed by atoms with van der Waals surface area (Å²) in [4.78, 5) is 0. The van der Waals surface area contributed by atoms with Crippen LogP contribution < -0.4 is 9.47 Å². The molecule has 0 aliphatic heterocycles. The molecule has 0 atom stereocenters. The van der Waals surface area contributed by atoms with Gasteiger partial charge < -0.3 is 14.6 Å². The van der Waals surface area contributed by atoms with Gasteiger partial charge in [0.25, 0.3) is 0 Å². The number of hydrogen-bond acceptors (Lipinski definition) is 3. The van der Waals surface area contributed by atoms with Gasteiger partial charge in [-0.1, -0.05) is 66.7 Å². The molecule has 0 aliphatic rings. The third-order valence-corrected chi connectivity index (χ3v) is 3.42. The van der Waals surface area contributed by atoms with Crippen molar-refractivity contribution in [2.75, 3.05) is 0 Å². The SMILES string of the molecule is Oc1cccc(OCc2ccccc2)c1OCc1ccccc1. The summed E-state index contributed by atoms with van der Waals surface area (Å²) >= 11 is 0. The third-order valence-electron chi connectivity index (χ3n) is 3.42. The number of ether oxygens (including phenoxy) is 2. The van der Waals surface area contributed by atoms with Gasteiger partial charge in [0.15, 0.2) is 11.5 Å². The fourth-order valence-corrected chi connectivity index (χ4v) is 2.23. The maximum Gasteiger partial charge on any atom is 0.203 e. The van der Waals surface area contributed by atoms with Gasteiger partial charge in [-0.2, -0.15) is 0 Å². The monoisotopic (exact) mass is 306 g/mol. The minimum Gasteiger partial charge on any atom is -0.504 e. The van der Waals surface area contributed by atoms with Crippen LogP contribution in [0.3, 0.4) is 0 Å². The maximum atomic E-state index is 10.1. The number of aromatic hydroxyl groups is 1. The number of phenols is 1. The maximum absolute atomic E-state index is 10.1. The molecule has 3 aromatic rings. The van der Waals surface area contributed by atoms with Crippen molar-refractivity contribution in [3.63, 3.8) is 0 Å². The topological polar surface area (TPSA) is 38.7 Å².